The highest BCUT2D eigenvalue weighted by Crippen LogP contribution is 2.16. The Labute approximate surface area is 115 Å². The maximum absolute atomic E-state index is 11.7. The van der Waals surface area contributed by atoms with Crippen LogP contribution in [0.15, 0.2) is 0 Å². The van der Waals surface area contributed by atoms with Gasteiger partial charge in [-0.05, 0) is 33.6 Å². The van der Waals surface area contributed by atoms with Crippen molar-refractivity contribution >= 4 is 15.9 Å². The van der Waals surface area contributed by atoms with Crippen molar-refractivity contribution in [1.82, 2.24) is 9.62 Å². The number of sulfonamides is 1. The maximum Gasteiger partial charge on any atom is 0.249 e. The summed E-state index contributed by atoms with van der Waals surface area (Å²) in [7, 11) is -3.29. The Morgan fingerprint density at radius 3 is 2.47 bits per heavy atom. The van der Waals surface area contributed by atoms with E-state index < -0.39 is 15.6 Å². The molecule has 1 fully saturated rings. The van der Waals surface area contributed by atoms with Crippen molar-refractivity contribution in [3.8, 4) is 0 Å². The van der Waals surface area contributed by atoms with Gasteiger partial charge in [-0.15, -0.1) is 0 Å². The van der Waals surface area contributed by atoms with Gasteiger partial charge in [0.2, 0.25) is 15.9 Å². The van der Waals surface area contributed by atoms with Crippen LogP contribution < -0.4 is 5.32 Å². The molecule has 0 aromatic carbocycles. The smallest absolute Gasteiger partial charge is 0.249 e. The van der Waals surface area contributed by atoms with Crippen molar-refractivity contribution in [2.45, 2.75) is 45.3 Å². The summed E-state index contributed by atoms with van der Waals surface area (Å²) >= 11 is 0. The molecule has 1 amide bonds. The fourth-order valence-corrected chi connectivity index (χ4v) is 3.60. The maximum atomic E-state index is 11.7. The molecule has 6 nitrogen and oxygen atoms in total. The molecule has 1 saturated heterocycles. The molecule has 1 unspecified atom stereocenters. The molecule has 0 aromatic rings. The van der Waals surface area contributed by atoms with Crippen molar-refractivity contribution in [1.29, 1.82) is 0 Å². The van der Waals surface area contributed by atoms with Gasteiger partial charge < -0.3 is 10.1 Å². The molecule has 0 aliphatic carbocycles. The molecule has 0 saturated carbocycles. The molecule has 0 aromatic heterocycles. The van der Waals surface area contributed by atoms with Gasteiger partial charge in [0.25, 0.3) is 0 Å². The van der Waals surface area contributed by atoms with Crippen LogP contribution >= 0.6 is 0 Å². The topological polar surface area (TPSA) is 75.7 Å². The van der Waals surface area contributed by atoms with Gasteiger partial charge in [-0.2, -0.15) is 4.31 Å². The number of hydrogen-bond acceptors (Lipinski definition) is 4. The van der Waals surface area contributed by atoms with E-state index in [1.54, 1.807) is 0 Å². The molecular formula is C12H24N2O4S. The SMILES string of the molecule is CC(C)(C)N(CCNC(=O)C1CCCO1)S(C)(=O)=O. The predicted molar refractivity (Wildman–Crippen MR) is 73.3 cm³/mol. The van der Waals surface area contributed by atoms with E-state index in [9.17, 15) is 13.2 Å². The number of carbonyl (C=O) groups excluding carboxylic acids is 1. The summed E-state index contributed by atoms with van der Waals surface area (Å²) in [5, 5.41) is 2.73. The number of ether oxygens (including phenoxy) is 1. The molecular weight excluding hydrogens is 268 g/mol. The van der Waals surface area contributed by atoms with Crippen LogP contribution in [0.25, 0.3) is 0 Å². The van der Waals surface area contributed by atoms with Gasteiger partial charge in [0, 0.05) is 25.2 Å². The Balaban J connectivity index is 2.47. The molecule has 1 rings (SSSR count). The number of nitrogens with one attached hydrogen (secondary N) is 1. The summed E-state index contributed by atoms with van der Waals surface area (Å²) in [4.78, 5) is 11.7. The molecule has 0 spiro atoms. The van der Waals surface area contributed by atoms with Crippen LogP contribution in [0.3, 0.4) is 0 Å². The molecule has 7 heteroatoms. The van der Waals surface area contributed by atoms with Crippen LogP contribution in [0.1, 0.15) is 33.6 Å². The molecule has 1 N–H and O–H groups in total. The summed E-state index contributed by atoms with van der Waals surface area (Å²) < 4.78 is 30.0. The number of hydrogen-bond donors (Lipinski definition) is 1. The summed E-state index contributed by atoms with van der Waals surface area (Å²) in [6.07, 6.45) is 2.44. The first-order valence-electron chi connectivity index (χ1n) is 6.49. The van der Waals surface area contributed by atoms with E-state index in [4.69, 9.17) is 4.74 Å². The third-order valence-electron chi connectivity index (χ3n) is 2.98. The zero-order valence-corrected chi connectivity index (χ0v) is 12.9. The van der Waals surface area contributed by atoms with Gasteiger partial charge in [0.05, 0.1) is 6.26 Å². The Morgan fingerprint density at radius 2 is 2.05 bits per heavy atom. The minimum atomic E-state index is -3.29. The first-order valence-corrected chi connectivity index (χ1v) is 8.34. The second-order valence-corrected chi connectivity index (χ2v) is 7.71. The zero-order chi connectivity index (χ0) is 14.7. The monoisotopic (exact) mass is 292 g/mol. The van der Waals surface area contributed by atoms with E-state index in [-0.39, 0.29) is 18.6 Å². The summed E-state index contributed by atoms with van der Waals surface area (Å²) in [5.74, 6) is -0.153. The number of rotatable bonds is 5. The van der Waals surface area contributed by atoms with Gasteiger partial charge in [-0.3, -0.25) is 4.79 Å². The lowest BCUT2D eigenvalue weighted by atomic mass is 10.1. The van der Waals surface area contributed by atoms with Gasteiger partial charge in [0.1, 0.15) is 6.10 Å². The second kappa shape index (κ2) is 6.19. The van der Waals surface area contributed by atoms with E-state index in [0.29, 0.717) is 13.2 Å². The highest BCUT2D eigenvalue weighted by molar-refractivity contribution is 7.88. The van der Waals surface area contributed by atoms with Gasteiger partial charge in [-0.1, -0.05) is 0 Å². The van der Waals surface area contributed by atoms with Gasteiger partial charge in [0.15, 0.2) is 0 Å². The van der Waals surface area contributed by atoms with Crippen molar-refractivity contribution in [2.75, 3.05) is 26.0 Å². The van der Waals surface area contributed by atoms with Crippen LogP contribution in [-0.2, 0) is 19.6 Å². The highest BCUT2D eigenvalue weighted by atomic mass is 32.2. The minimum Gasteiger partial charge on any atom is -0.368 e. The fourth-order valence-electron chi connectivity index (χ4n) is 2.18. The molecule has 1 atom stereocenters. The number of carbonyl (C=O) groups is 1. The lowest BCUT2D eigenvalue weighted by Gasteiger charge is -2.33. The van der Waals surface area contributed by atoms with Crippen LogP contribution in [0.5, 0.6) is 0 Å². The lowest BCUT2D eigenvalue weighted by molar-refractivity contribution is -0.130. The van der Waals surface area contributed by atoms with Crippen molar-refractivity contribution in [2.24, 2.45) is 0 Å². The van der Waals surface area contributed by atoms with Crippen LogP contribution in [0.2, 0.25) is 0 Å². The standard InChI is InChI=1S/C12H24N2O4S/c1-12(2,3)14(19(4,16)17)8-7-13-11(15)10-6-5-9-18-10/h10H,5-9H2,1-4H3,(H,13,15). The Morgan fingerprint density at radius 1 is 1.42 bits per heavy atom. The largest absolute Gasteiger partial charge is 0.368 e. The van der Waals surface area contributed by atoms with E-state index in [1.165, 1.54) is 10.6 Å². The minimum absolute atomic E-state index is 0.153. The van der Waals surface area contributed by atoms with Gasteiger partial charge in [-0.25, -0.2) is 8.42 Å². The number of amides is 1. The second-order valence-electron chi connectivity index (χ2n) is 5.80. The summed E-state index contributed by atoms with van der Waals surface area (Å²) in [5.41, 5.74) is -0.498. The predicted octanol–water partition coefficient (Wildman–Crippen LogP) is 0.342. The van der Waals surface area contributed by atoms with E-state index in [1.807, 2.05) is 20.8 Å². The van der Waals surface area contributed by atoms with E-state index in [0.717, 1.165) is 12.8 Å². The average Bonchev–Trinajstić information content (AvgIpc) is 2.73. The van der Waals surface area contributed by atoms with Gasteiger partial charge >= 0.3 is 0 Å². The lowest BCUT2D eigenvalue weighted by Crippen LogP contribution is -2.49. The molecule has 1 heterocycles. The molecule has 0 bridgehead atoms. The van der Waals surface area contributed by atoms with Crippen LogP contribution in [-0.4, -0.2) is 56.2 Å². The normalized spacial score (nSPS) is 20.8. The molecule has 1 aliphatic heterocycles. The first-order chi connectivity index (χ1) is 8.62. The first kappa shape index (κ1) is 16.4. The average molecular weight is 292 g/mol. The third-order valence-corrected chi connectivity index (χ3v) is 4.52. The van der Waals surface area contributed by atoms with E-state index >= 15 is 0 Å². The van der Waals surface area contributed by atoms with Crippen molar-refractivity contribution in [3.63, 3.8) is 0 Å². The molecule has 0 radical (unpaired) electrons. The third kappa shape index (κ3) is 5.08. The molecule has 1 aliphatic rings. The molecule has 112 valence electrons. The van der Waals surface area contributed by atoms with Crippen molar-refractivity contribution < 1.29 is 17.9 Å². The van der Waals surface area contributed by atoms with E-state index in [2.05, 4.69) is 5.32 Å². The number of nitrogens with zero attached hydrogens (tertiary/aromatic N) is 1. The summed E-state index contributed by atoms with van der Waals surface area (Å²) in [6.45, 7) is 6.67. The van der Waals surface area contributed by atoms with Crippen LogP contribution in [0, 0.1) is 0 Å². The summed E-state index contributed by atoms with van der Waals surface area (Å²) in [6, 6.07) is 0. The Kier molecular flexibility index (Phi) is 5.34. The highest BCUT2D eigenvalue weighted by Gasteiger charge is 2.29. The van der Waals surface area contributed by atoms with Crippen LogP contribution in [0.4, 0.5) is 0 Å². The Hall–Kier alpha value is -0.660. The Bertz CT molecular complexity index is 408. The quantitative estimate of drug-likeness (QED) is 0.793. The van der Waals surface area contributed by atoms with Crippen molar-refractivity contribution in [3.05, 3.63) is 0 Å². The molecule has 19 heavy (non-hydrogen) atoms. The fraction of sp³-hybridized carbons (Fsp3) is 0.917. The zero-order valence-electron chi connectivity index (χ0n) is 12.1.